The van der Waals surface area contributed by atoms with Crippen LogP contribution in [0.4, 0.5) is 10.1 Å². The zero-order chi connectivity index (χ0) is 25.1. The highest BCUT2D eigenvalue weighted by Crippen LogP contribution is 2.37. The third-order valence-corrected chi connectivity index (χ3v) is 5.45. The second kappa shape index (κ2) is 10.1. The van der Waals surface area contributed by atoms with Crippen LogP contribution in [0, 0.1) is 0 Å². The highest BCUT2D eigenvalue weighted by Gasteiger charge is 2.22. The Morgan fingerprint density at radius 1 is 1.34 bits per heavy atom. The van der Waals surface area contributed by atoms with E-state index in [2.05, 4.69) is 20.5 Å². The van der Waals surface area contributed by atoms with Crippen molar-refractivity contribution < 1.29 is 18.7 Å². The predicted molar refractivity (Wildman–Crippen MR) is 128 cm³/mol. The van der Waals surface area contributed by atoms with Crippen molar-refractivity contribution in [1.29, 1.82) is 0 Å². The van der Waals surface area contributed by atoms with Crippen LogP contribution < -0.4 is 10.1 Å². The maximum absolute atomic E-state index is 13.7. The normalized spacial score (nSPS) is 11.9. The summed E-state index contributed by atoms with van der Waals surface area (Å²) in [5.41, 5.74) is 1.50. The van der Waals surface area contributed by atoms with Gasteiger partial charge in [-0.25, -0.2) is 13.9 Å². The van der Waals surface area contributed by atoms with Crippen molar-refractivity contribution in [1.82, 2.24) is 29.3 Å². The topological polar surface area (TPSA) is 107 Å². The molecule has 3 aromatic heterocycles. The molecule has 1 aromatic carbocycles. The Bertz CT molecular complexity index is 1380. The van der Waals surface area contributed by atoms with Gasteiger partial charge in [0.15, 0.2) is 5.65 Å². The van der Waals surface area contributed by atoms with E-state index in [1.807, 2.05) is 6.92 Å². The number of carbonyl (C=O) groups excluding carboxylic acids is 2. The summed E-state index contributed by atoms with van der Waals surface area (Å²) in [5.74, 6) is -0.481. The minimum Gasteiger partial charge on any atom is -0.460 e. The molecule has 12 heteroatoms. The Morgan fingerprint density at radius 3 is 2.89 bits per heavy atom. The molecule has 1 atom stereocenters. The van der Waals surface area contributed by atoms with E-state index in [-0.39, 0.29) is 35.1 Å². The molecule has 1 unspecified atom stereocenters. The first-order valence-corrected chi connectivity index (χ1v) is 11.2. The average molecular weight is 500 g/mol. The fourth-order valence-corrected chi connectivity index (χ4v) is 3.54. The van der Waals surface area contributed by atoms with Crippen LogP contribution in [0.3, 0.4) is 0 Å². The first-order chi connectivity index (χ1) is 16.8. The number of likely N-dealkylation sites (N-methyl/N-ethyl adjacent to an activating group) is 1. The number of hydrogen-bond donors (Lipinski definition) is 1. The summed E-state index contributed by atoms with van der Waals surface area (Å²) in [6.07, 6.45) is 4.56. The first-order valence-electron chi connectivity index (χ1n) is 10.8. The van der Waals surface area contributed by atoms with Crippen LogP contribution in [0.15, 0.2) is 49.1 Å². The Kier molecular flexibility index (Phi) is 6.97. The van der Waals surface area contributed by atoms with Crippen molar-refractivity contribution in [3.63, 3.8) is 0 Å². The SMILES string of the molecule is CCN(C)C(=O)Cn1cc(NC(=O)c2cnn3cccnc23)c(-c2cc(Cl)ccc2OC(C)F)n1. The highest BCUT2D eigenvalue weighted by atomic mass is 35.5. The van der Waals surface area contributed by atoms with E-state index in [9.17, 15) is 14.0 Å². The van der Waals surface area contributed by atoms with Crippen LogP contribution in [0.2, 0.25) is 5.02 Å². The van der Waals surface area contributed by atoms with Gasteiger partial charge in [-0.1, -0.05) is 11.6 Å². The summed E-state index contributed by atoms with van der Waals surface area (Å²) in [7, 11) is 1.68. The van der Waals surface area contributed by atoms with E-state index in [4.69, 9.17) is 16.3 Å². The number of ether oxygens (including phenoxy) is 1. The second-order valence-corrected chi connectivity index (χ2v) is 8.13. The average Bonchev–Trinajstić information content (AvgIpc) is 3.43. The molecular weight excluding hydrogens is 477 g/mol. The number of nitrogens with one attached hydrogen (secondary N) is 1. The van der Waals surface area contributed by atoms with Crippen molar-refractivity contribution >= 4 is 34.7 Å². The van der Waals surface area contributed by atoms with Crippen molar-refractivity contribution in [2.24, 2.45) is 0 Å². The number of hydrogen-bond acceptors (Lipinski definition) is 6. The number of aromatic nitrogens is 5. The van der Waals surface area contributed by atoms with Crippen LogP contribution in [-0.2, 0) is 11.3 Å². The lowest BCUT2D eigenvalue weighted by atomic mass is 10.1. The first kappa shape index (κ1) is 24.1. The van der Waals surface area contributed by atoms with Gasteiger partial charge in [0.05, 0.1) is 11.9 Å². The zero-order valence-corrected chi connectivity index (χ0v) is 20.0. The molecule has 0 aliphatic heterocycles. The van der Waals surface area contributed by atoms with Crippen molar-refractivity contribution in [3.8, 4) is 17.0 Å². The molecule has 4 aromatic rings. The van der Waals surface area contributed by atoms with Crippen LogP contribution in [-0.4, -0.2) is 61.0 Å². The third-order valence-electron chi connectivity index (χ3n) is 5.22. The van der Waals surface area contributed by atoms with Crippen LogP contribution in [0.1, 0.15) is 24.2 Å². The summed E-state index contributed by atoms with van der Waals surface area (Å²) in [6.45, 7) is 3.56. The summed E-state index contributed by atoms with van der Waals surface area (Å²) < 4.78 is 21.9. The van der Waals surface area contributed by atoms with Gasteiger partial charge in [-0.15, -0.1) is 0 Å². The molecule has 1 N–H and O–H groups in total. The fourth-order valence-electron chi connectivity index (χ4n) is 3.37. The van der Waals surface area contributed by atoms with E-state index in [0.29, 0.717) is 22.8 Å². The smallest absolute Gasteiger partial charge is 0.261 e. The van der Waals surface area contributed by atoms with Gasteiger partial charge in [0, 0.05) is 49.7 Å². The largest absolute Gasteiger partial charge is 0.460 e. The number of amides is 2. The Labute approximate surface area is 205 Å². The van der Waals surface area contributed by atoms with Gasteiger partial charge in [-0.2, -0.15) is 10.2 Å². The molecule has 0 radical (unpaired) electrons. The van der Waals surface area contributed by atoms with E-state index in [1.54, 1.807) is 42.5 Å². The van der Waals surface area contributed by atoms with Gasteiger partial charge in [-0.3, -0.25) is 14.3 Å². The lowest BCUT2D eigenvalue weighted by Gasteiger charge is -2.14. The van der Waals surface area contributed by atoms with Gasteiger partial charge < -0.3 is 15.0 Å². The van der Waals surface area contributed by atoms with E-state index in [0.717, 1.165) is 0 Å². The molecule has 2 amide bonds. The molecule has 0 saturated heterocycles. The van der Waals surface area contributed by atoms with Gasteiger partial charge >= 0.3 is 0 Å². The molecule has 0 spiro atoms. The van der Waals surface area contributed by atoms with Crippen molar-refractivity contribution in [2.45, 2.75) is 26.7 Å². The minimum absolute atomic E-state index is 0.0677. The Balaban J connectivity index is 1.76. The van der Waals surface area contributed by atoms with Gasteiger partial charge in [0.1, 0.15) is 23.6 Å². The van der Waals surface area contributed by atoms with E-state index in [1.165, 1.54) is 34.6 Å². The summed E-state index contributed by atoms with van der Waals surface area (Å²) in [5, 5.41) is 11.8. The van der Waals surface area contributed by atoms with E-state index >= 15 is 0 Å². The summed E-state index contributed by atoms with van der Waals surface area (Å²) >= 11 is 6.21. The maximum atomic E-state index is 13.7. The Morgan fingerprint density at radius 2 is 2.14 bits per heavy atom. The van der Waals surface area contributed by atoms with Gasteiger partial charge in [0.2, 0.25) is 12.3 Å². The quantitative estimate of drug-likeness (QED) is 0.396. The van der Waals surface area contributed by atoms with E-state index < -0.39 is 12.3 Å². The number of nitrogens with zero attached hydrogens (tertiary/aromatic N) is 6. The van der Waals surface area contributed by atoms with Crippen LogP contribution in [0.25, 0.3) is 16.9 Å². The molecule has 10 nitrogen and oxygen atoms in total. The van der Waals surface area contributed by atoms with Gasteiger partial charge in [0.25, 0.3) is 5.91 Å². The molecular formula is C23H23ClFN7O3. The lowest BCUT2D eigenvalue weighted by Crippen LogP contribution is -2.30. The molecule has 0 aliphatic rings. The van der Waals surface area contributed by atoms with Gasteiger partial charge in [-0.05, 0) is 31.2 Å². The van der Waals surface area contributed by atoms with Crippen LogP contribution in [0.5, 0.6) is 5.75 Å². The molecule has 3 heterocycles. The number of halogens is 2. The zero-order valence-electron chi connectivity index (χ0n) is 19.3. The molecule has 0 bridgehead atoms. The van der Waals surface area contributed by atoms with Crippen LogP contribution >= 0.6 is 11.6 Å². The number of anilines is 1. The maximum Gasteiger partial charge on any atom is 0.261 e. The van der Waals surface area contributed by atoms with Crippen molar-refractivity contribution in [3.05, 3.63) is 59.6 Å². The second-order valence-electron chi connectivity index (χ2n) is 7.70. The Hall–Kier alpha value is -3.99. The molecule has 0 saturated carbocycles. The molecule has 0 fully saturated rings. The van der Waals surface area contributed by atoms with Crippen molar-refractivity contribution in [2.75, 3.05) is 18.9 Å². The monoisotopic (exact) mass is 499 g/mol. The number of alkyl halides is 1. The third kappa shape index (κ3) is 5.24. The number of rotatable bonds is 8. The lowest BCUT2D eigenvalue weighted by molar-refractivity contribution is -0.130. The number of fused-ring (bicyclic) bond motifs is 1. The highest BCUT2D eigenvalue weighted by molar-refractivity contribution is 6.31. The molecule has 0 aliphatic carbocycles. The predicted octanol–water partition coefficient (Wildman–Crippen LogP) is 3.67. The minimum atomic E-state index is -1.60. The number of benzene rings is 1. The fraction of sp³-hybridized carbons (Fsp3) is 0.261. The molecule has 4 rings (SSSR count). The standard InChI is InChI=1S/C23H23ClFN7O3/c1-4-30(3)20(33)13-31-12-18(28-23(34)17-11-27-32-9-5-8-26-22(17)32)21(29-31)16-10-15(24)6-7-19(16)35-14(2)25/h5-12,14H,4,13H2,1-3H3,(H,28,34). The summed E-state index contributed by atoms with van der Waals surface area (Å²) in [6, 6.07) is 6.32. The molecule has 182 valence electrons. The molecule has 35 heavy (non-hydrogen) atoms. The summed E-state index contributed by atoms with van der Waals surface area (Å²) in [4.78, 5) is 31.4. The number of carbonyl (C=O) groups is 2.